The molecule has 0 aliphatic rings. The standard InChI is InChI=1S/C11H12N4O3S/c1-7-4-3-5-9(15(16)17)10(7)18-6-8-11(12-2)19-14-13-8/h3-5,12H,6H2,1-2H3. The van der Waals surface area contributed by atoms with Crippen LogP contribution >= 0.6 is 11.5 Å². The summed E-state index contributed by atoms with van der Waals surface area (Å²) >= 11 is 1.21. The molecule has 0 fully saturated rings. The summed E-state index contributed by atoms with van der Waals surface area (Å²) in [6.07, 6.45) is 0. The summed E-state index contributed by atoms with van der Waals surface area (Å²) in [5, 5.41) is 18.6. The Kier molecular flexibility index (Phi) is 3.91. The first kappa shape index (κ1) is 13.2. The zero-order chi connectivity index (χ0) is 13.8. The Morgan fingerprint density at radius 2 is 2.32 bits per heavy atom. The number of nitrogens with one attached hydrogen (secondary N) is 1. The summed E-state index contributed by atoms with van der Waals surface area (Å²) in [6.45, 7) is 1.90. The van der Waals surface area contributed by atoms with Gasteiger partial charge in [-0.2, -0.15) is 0 Å². The fourth-order valence-corrected chi connectivity index (χ4v) is 2.12. The summed E-state index contributed by atoms with van der Waals surface area (Å²) in [6, 6.07) is 4.81. The Morgan fingerprint density at radius 1 is 1.53 bits per heavy atom. The van der Waals surface area contributed by atoms with Crippen LogP contribution in [0.4, 0.5) is 10.7 Å². The predicted molar refractivity (Wildman–Crippen MR) is 71.6 cm³/mol. The largest absolute Gasteiger partial charge is 0.480 e. The first-order valence-corrected chi connectivity index (χ1v) is 6.26. The number of anilines is 1. The minimum Gasteiger partial charge on any atom is -0.480 e. The summed E-state index contributed by atoms with van der Waals surface area (Å²) < 4.78 is 9.34. The van der Waals surface area contributed by atoms with E-state index in [1.54, 1.807) is 26.1 Å². The zero-order valence-corrected chi connectivity index (χ0v) is 11.2. The Hall–Kier alpha value is -2.22. The van der Waals surface area contributed by atoms with Crippen LogP contribution in [0.3, 0.4) is 0 Å². The number of nitrogens with zero attached hydrogens (tertiary/aromatic N) is 3. The molecule has 0 atom stereocenters. The highest BCUT2D eigenvalue weighted by molar-refractivity contribution is 7.10. The Bertz CT molecular complexity index is 599. The summed E-state index contributed by atoms with van der Waals surface area (Å²) in [4.78, 5) is 10.5. The third-order valence-electron chi connectivity index (χ3n) is 2.52. The minimum atomic E-state index is -0.458. The van der Waals surface area contributed by atoms with Crippen molar-refractivity contribution >= 4 is 22.2 Å². The van der Waals surface area contributed by atoms with Crippen molar-refractivity contribution in [1.29, 1.82) is 0 Å². The van der Waals surface area contributed by atoms with Crippen LogP contribution in [0, 0.1) is 17.0 Å². The van der Waals surface area contributed by atoms with Gasteiger partial charge in [-0.3, -0.25) is 10.1 Å². The van der Waals surface area contributed by atoms with E-state index < -0.39 is 4.92 Å². The van der Waals surface area contributed by atoms with Crippen LogP contribution in [0.5, 0.6) is 5.75 Å². The van der Waals surface area contributed by atoms with Gasteiger partial charge in [-0.15, -0.1) is 5.10 Å². The molecule has 2 rings (SSSR count). The van der Waals surface area contributed by atoms with E-state index in [0.29, 0.717) is 11.3 Å². The number of benzene rings is 1. The van der Waals surface area contributed by atoms with Gasteiger partial charge in [0, 0.05) is 24.6 Å². The molecule has 0 amide bonds. The van der Waals surface area contributed by atoms with Gasteiger partial charge in [0.05, 0.1) is 4.92 Å². The average molecular weight is 280 g/mol. The molecular formula is C11H12N4O3S. The van der Waals surface area contributed by atoms with Gasteiger partial charge in [-0.25, -0.2) is 0 Å². The van der Waals surface area contributed by atoms with Gasteiger partial charge in [0.1, 0.15) is 17.3 Å². The molecule has 1 aromatic carbocycles. The van der Waals surface area contributed by atoms with E-state index in [1.165, 1.54) is 17.6 Å². The normalized spacial score (nSPS) is 10.2. The molecule has 0 saturated heterocycles. The van der Waals surface area contributed by atoms with Crippen molar-refractivity contribution in [3.8, 4) is 5.75 Å². The highest BCUT2D eigenvalue weighted by atomic mass is 32.1. The van der Waals surface area contributed by atoms with Gasteiger partial charge < -0.3 is 10.1 Å². The lowest BCUT2D eigenvalue weighted by atomic mass is 10.2. The highest BCUT2D eigenvalue weighted by Gasteiger charge is 2.18. The molecule has 0 unspecified atom stereocenters. The number of nitro groups is 1. The monoisotopic (exact) mass is 280 g/mol. The van der Waals surface area contributed by atoms with Crippen molar-refractivity contribution in [2.45, 2.75) is 13.5 Å². The van der Waals surface area contributed by atoms with Gasteiger partial charge in [0.2, 0.25) is 0 Å². The van der Waals surface area contributed by atoms with Crippen molar-refractivity contribution in [2.24, 2.45) is 0 Å². The van der Waals surface area contributed by atoms with Gasteiger partial charge in [-0.05, 0) is 12.5 Å². The molecule has 1 heterocycles. The molecule has 0 spiro atoms. The number of ether oxygens (including phenoxy) is 1. The van der Waals surface area contributed by atoms with Crippen molar-refractivity contribution in [2.75, 3.05) is 12.4 Å². The number of para-hydroxylation sites is 1. The van der Waals surface area contributed by atoms with E-state index >= 15 is 0 Å². The second-order valence-electron chi connectivity index (χ2n) is 3.77. The second kappa shape index (κ2) is 5.61. The highest BCUT2D eigenvalue weighted by Crippen LogP contribution is 2.31. The van der Waals surface area contributed by atoms with Gasteiger partial charge >= 0.3 is 5.69 Å². The van der Waals surface area contributed by atoms with E-state index in [9.17, 15) is 10.1 Å². The number of rotatable bonds is 5. The van der Waals surface area contributed by atoms with Crippen molar-refractivity contribution < 1.29 is 9.66 Å². The molecule has 0 bridgehead atoms. The fraction of sp³-hybridized carbons (Fsp3) is 0.273. The van der Waals surface area contributed by atoms with Crippen LogP contribution in [0.2, 0.25) is 0 Å². The number of nitro benzene ring substituents is 1. The molecule has 0 radical (unpaired) electrons. The molecule has 0 aliphatic carbocycles. The zero-order valence-electron chi connectivity index (χ0n) is 10.4. The predicted octanol–water partition coefficient (Wildman–Crippen LogP) is 2.38. The lowest BCUT2D eigenvalue weighted by molar-refractivity contribution is -0.386. The molecule has 19 heavy (non-hydrogen) atoms. The SMILES string of the molecule is CNc1snnc1COc1c(C)cccc1[N+](=O)[O-]. The fourth-order valence-electron chi connectivity index (χ4n) is 1.60. The molecule has 7 nitrogen and oxygen atoms in total. The Morgan fingerprint density at radius 3 is 3.00 bits per heavy atom. The number of hydrogen-bond donors (Lipinski definition) is 1. The van der Waals surface area contributed by atoms with Crippen LogP contribution < -0.4 is 10.1 Å². The van der Waals surface area contributed by atoms with E-state index in [2.05, 4.69) is 14.9 Å². The second-order valence-corrected chi connectivity index (χ2v) is 4.52. The summed E-state index contributed by atoms with van der Waals surface area (Å²) in [5.74, 6) is 0.266. The lowest BCUT2D eigenvalue weighted by Crippen LogP contribution is -2.03. The van der Waals surface area contributed by atoms with Crippen LogP contribution in [-0.2, 0) is 6.61 Å². The quantitative estimate of drug-likeness (QED) is 0.668. The third kappa shape index (κ3) is 2.79. The van der Waals surface area contributed by atoms with Gasteiger partial charge in [0.15, 0.2) is 5.75 Å². The van der Waals surface area contributed by atoms with Crippen LogP contribution in [0.1, 0.15) is 11.3 Å². The number of hydrogen-bond acceptors (Lipinski definition) is 7. The van der Waals surface area contributed by atoms with Crippen LogP contribution in [-0.4, -0.2) is 21.6 Å². The molecule has 1 N–H and O–H groups in total. The van der Waals surface area contributed by atoms with E-state index in [1.807, 2.05) is 0 Å². The first-order chi connectivity index (χ1) is 9.13. The van der Waals surface area contributed by atoms with E-state index in [-0.39, 0.29) is 18.0 Å². The average Bonchev–Trinajstić information content (AvgIpc) is 2.84. The molecular weight excluding hydrogens is 268 g/mol. The van der Waals surface area contributed by atoms with Crippen molar-refractivity contribution in [3.63, 3.8) is 0 Å². The number of aromatic nitrogens is 2. The minimum absolute atomic E-state index is 0.0470. The Labute approximate surface area is 113 Å². The molecule has 2 aromatic rings. The first-order valence-electron chi connectivity index (χ1n) is 5.49. The maximum Gasteiger partial charge on any atom is 0.311 e. The van der Waals surface area contributed by atoms with Crippen LogP contribution in [0.15, 0.2) is 18.2 Å². The molecule has 100 valence electrons. The summed E-state index contributed by atoms with van der Waals surface area (Å²) in [5.41, 5.74) is 1.29. The Balaban J connectivity index is 2.22. The smallest absolute Gasteiger partial charge is 0.311 e. The molecule has 8 heteroatoms. The van der Waals surface area contributed by atoms with Crippen molar-refractivity contribution in [3.05, 3.63) is 39.6 Å². The molecule has 0 aliphatic heterocycles. The topological polar surface area (TPSA) is 90.2 Å². The molecule has 0 saturated carbocycles. The van der Waals surface area contributed by atoms with Gasteiger partial charge in [0.25, 0.3) is 0 Å². The maximum absolute atomic E-state index is 10.9. The van der Waals surface area contributed by atoms with E-state index in [4.69, 9.17) is 4.74 Å². The summed E-state index contributed by atoms with van der Waals surface area (Å²) in [7, 11) is 1.76. The maximum atomic E-state index is 10.9. The van der Waals surface area contributed by atoms with Gasteiger partial charge in [-0.1, -0.05) is 16.6 Å². The lowest BCUT2D eigenvalue weighted by Gasteiger charge is -2.08. The van der Waals surface area contributed by atoms with E-state index in [0.717, 1.165) is 5.00 Å². The number of aryl methyl sites for hydroxylation is 1. The van der Waals surface area contributed by atoms with Crippen LogP contribution in [0.25, 0.3) is 0 Å². The van der Waals surface area contributed by atoms with Crippen molar-refractivity contribution in [1.82, 2.24) is 9.59 Å². The molecule has 1 aromatic heterocycles. The third-order valence-corrected chi connectivity index (χ3v) is 3.31.